The highest BCUT2D eigenvalue weighted by molar-refractivity contribution is 5.77. The summed E-state index contributed by atoms with van der Waals surface area (Å²) in [5.74, 6) is 0.628. The van der Waals surface area contributed by atoms with Crippen molar-refractivity contribution in [3.8, 4) is 34.1 Å². The molecule has 4 N–H and O–H groups in total. The van der Waals surface area contributed by atoms with Crippen LogP contribution in [0.3, 0.4) is 0 Å². The molecule has 0 amide bonds. The first kappa shape index (κ1) is 15.5. The molecule has 23 heavy (non-hydrogen) atoms. The molecule has 0 spiro atoms. The molecule has 0 unspecified atom stereocenters. The van der Waals surface area contributed by atoms with E-state index in [0.29, 0.717) is 22.4 Å². The van der Waals surface area contributed by atoms with E-state index in [1.165, 1.54) is 25.3 Å². The molecule has 0 radical (unpaired) electrons. The maximum atomic E-state index is 10.5. The molecule has 6 nitrogen and oxygen atoms in total. The summed E-state index contributed by atoms with van der Waals surface area (Å²) < 4.78 is 10.7. The van der Waals surface area contributed by atoms with E-state index >= 15 is 0 Å². The summed E-state index contributed by atoms with van der Waals surface area (Å²) in [7, 11) is 1.44. The van der Waals surface area contributed by atoms with Crippen LogP contribution in [0.25, 0.3) is 11.1 Å². The molecule has 1 heterocycles. The van der Waals surface area contributed by atoms with Crippen LogP contribution in [0.5, 0.6) is 23.0 Å². The van der Waals surface area contributed by atoms with Crippen LogP contribution in [-0.4, -0.2) is 46.4 Å². The largest absolute Gasteiger partial charge is 0.508 e. The van der Waals surface area contributed by atoms with E-state index in [2.05, 4.69) is 0 Å². The molecule has 0 bridgehead atoms. The Hall–Kier alpha value is -2.44. The molecule has 2 aromatic carbocycles. The standard InChI is InChI=1S/C17H18O6/c1-22-16-4-10-7-17(21,8-18)9-23-15-5-11(19)2-3-12(15)13(10)6-14(16)20/h2-6,18-21H,7-9H2,1H3/t17-/m1/s1. The second-order valence-corrected chi connectivity index (χ2v) is 5.71. The van der Waals surface area contributed by atoms with Crippen molar-refractivity contribution in [3.63, 3.8) is 0 Å². The predicted octanol–water partition coefficient (Wildman–Crippen LogP) is 1.43. The Morgan fingerprint density at radius 1 is 1.17 bits per heavy atom. The van der Waals surface area contributed by atoms with Crippen molar-refractivity contribution in [2.45, 2.75) is 12.0 Å². The minimum Gasteiger partial charge on any atom is -0.508 e. The zero-order chi connectivity index (χ0) is 16.6. The molecular formula is C17H18O6. The highest BCUT2D eigenvalue weighted by atomic mass is 16.5. The first-order valence-electron chi connectivity index (χ1n) is 7.15. The maximum Gasteiger partial charge on any atom is 0.160 e. The van der Waals surface area contributed by atoms with Gasteiger partial charge in [-0.1, -0.05) is 0 Å². The van der Waals surface area contributed by atoms with E-state index in [-0.39, 0.29) is 30.3 Å². The number of benzene rings is 2. The van der Waals surface area contributed by atoms with Gasteiger partial charge in [0.25, 0.3) is 0 Å². The number of aliphatic hydroxyl groups is 2. The minimum atomic E-state index is -1.47. The molecule has 1 aliphatic heterocycles. The Morgan fingerprint density at radius 3 is 2.65 bits per heavy atom. The lowest BCUT2D eigenvalue weighted by Gasteiger charge is -2.30. The molecule has 122 valence electrons. The van der Waals surface area contributed by atoms with Crippen molar-refractivity contribution in [1.29, 1.82) is 0 Å². The molecule has 3 rings (SSSR count). The monoisotopic (exact) mass is 318 g/mol. The highest BCUT2D eigenvalue weighted by Crippen LogP contribution is 2.42. The molecule has 0 aliphatic carbocycles. The minimum absolute atomic E-state index is 0.0242. The van der Waals surface area contributed by atoms with Gasteiger partial charge in [0.05, 0.1) is 13.7 Å². The van der Waals surface area contributed by atoms with E-state index in [9.17, 15) is 20.4 Å². The fraction of sp³-hybridized carbons (Fsp3) is 0.294. The van der Waals surface area contributed by atoms with Crippen LogP contribution in [0.1, 0.15) is 5.56 Å². The van der Waals surface area contributed by atoms with Crippen molar-refractivity contribution in [1.82, 2.24) is 0 Å². The van der Waals surface area contributed by atoms with Gasteiger partial charge < -0.3 is 29.9 Å². The summed E-state index contributed by atoms with van der Waals surface area (Å²) in [6, 6.07) is 7.79. The lowest BCUT2D eigenvalue weighted by atomic mass is 9.88. The van der Waals surface area contributed by atoms with E-state index in [0.717, 1.165) is 0 Å². The molecule has 1 aliphatic rings. The van der Waals surface area contributed by atoms with Gasteiger partial charge in [-0.25, -0.2) is 0 Å². The number of fused-ring (bicyclic) bond motifs is 3. The number of hydrogen-bond acceptors (Lipinski definition) is 6. The van der Waals surface area contributed by atoms with Gasteiger partial charge in [-0.05, 0) is 35.4 Å². The van der Waals surface area contributed by atoms with Crippen molar-refractivity contribution in [2.24, 2.45) is 0 Å². The average Bonchev–Trinajstić information content (AvgIpc) is 2.53. The van der Waals surface area contributed by atoms with E-state index < -0.39 is 12.2 Å². The molecule has 0 fully saturated rings. The zero-order valence-corrected chi connectivity index (χ0v) is 12.6. The summed E-state index contributed by atoms with van der Waals surface area (Å²) in [6.07, 6.45) is 0.135. The van der Waals surface area contributed by atoms with Gasteiger partial charge in [0.2, 0.25) is 0 Å². The van der Waals surface area contributed by atoms with Crippen LogP contribution >= 0.6 is 0 Å². The summed E-state index contributed by atoms with van der Waals surface area (Å²) in [6.45, 7) is -0.605. The highest BCUT2D eigenvalue weighted by Gasteiger charge is 2.32. The van der Waals surface area contributed by atoms with Crippen LogP contribution in [0.15, 0.2) is 30.3 Å². The number of phenolic OH excluding ortho intramolecular Hbond substituents is 2. The second-order valence-electron chi connectivity index (χ2n) is 5.71. The predicted molar refractivity (Wildman–Crippen MR) is 83.0 cm³/mol. The Balaban J connectivity index is 2.24. The number of hydrogen-bond donors (Lipinski definition) is 4. The van der Waals surface area contributed by atoms with Crippen LogP contribution in [0, 0.1) is 0 Å². The molecule has 1 atom stereocenters. The van der Waals surface area contributed by atoms with Crippen LogP contribution < -0.4 is 9.47 Å². The topological polar surface area (TPSA) is 99.4 Å². The van der Waals surface area contributed by atoms with Gasteiger partial charge in [0.1, 0.15) is 23.7 Å². The second kappa shape index (κ2) is 5.64. The van der Waals surface area contributed by atoms with Crippen molar-refractivity contribution >= 4 is 0 Å². The Labute approximate surface area is 133 Å². The smallest absolute Gasteiger partial charge is 0.160 e. The first-order chi connectivity index (χ1) is 11.0. The number of aromatic hydroxyl groups is 2. The van der Waals surface area contributed by atoms with Gasteiger partial charge in [0, 0.05) is 18.1 Å². The molecule has 2 aromatic rings. The van der Waals surface area contributed by atoms with Crippen LogP contribution in [0.4, 0.5) is 0 Å². The van der Waals surface area contributed by atoms with Crippen molar-refractivity contribution in [3.05, 3.63) is 35.9 Å². The quantitative estimate of drug-likeness (QED) is 0.668. The fourth-order valence-corrected chi connectivity index (χ4v) is 2.74. The summed E-state index contributed by atoms with van der Waals surface area (Å²) in [5, 5.41) is 39.8. The normalized spacial score (nSPS) is 19.8. The van der Waals surface area contributed by atoms with Gasteiger partial charge in [-0.2, -0.15) is 0 Å². The third kappa shape index (κ3) is 2.78. The summed E-state index contributed by atoms with van der Waals surface area (Å²) in [4.78, 5) is 0. The van der Waals surface area contributed by atoms with Crippen molar-refractivity contribution in [2.75, 3.05) is 20.3 Å². The molecular weight excluding hydrogens is 300 g/mol. The van der Waals surface area contributed by atoms with Crippen LogP contribution in [-0.2, 0) is 6.42 Å². The van der Waals surface area contributed by atoms with E-state index in [1.54, 1.807) is 12.1 Å². The SMILES string of the molecule is COc1cc2c(cc1O)-c1ccc(O)cc1OC[C@](O)(CO)C2. The number of rotatable bonds is 2. The van der Waals surface area contributed by atoms with Crippen LogP contribution in [0.2, 0.25) is 0 Å². The Bertz CT molecular complexity index is 742. The van der Waals surface area contributed by atoms with Gasteiger partial charge in [-0.15, -0.1) is 0 Å². The summed E-state index contributed by atoms with van der Waals surface area (Å²) in [5.41, 5.74) is 0.548. The van der Waals surface area contributed by atoms with Gasteiger partial charge >= 0.3 is 0 Å². The Kier molecular flexibility index (Phi) is 3.79. The lowest BCUT2D eigenvalue weighted by molar-refractivity contribution is -0.0472. The maximum absolute atomic E-state index is 10.5. The van der Waals surface area contributed by atoms with E-state index in [4.69, 9.17) is 9.47 Å². The molecule has 0 aromatic heterocycles. The zero-order valence-electron chi connectivity index (χ0n) is 12.6. The van der Waals surface area contributed by atoms with Gasteiger partial charge in [0.15, 0.2) is 11.5 Å². The fourth-order valence-electron chi connectivity index (χ4n) is 2.74. The summed E-state index contributed by atoms with van der Waals surface area (Å²) >= 11 is 0. The van der Waals surface area contributed by atoms with Gasteiger partial charge in [-0.3, -0.25) is 0 Å². The Morgan fingerprint density at radius 2 is 1.96 bits per heavy atom. The number of phenols is 2. The number of methoxy groups -OCH3 is 1. The average molecular weight is 318 g/mol. The molecule has 6 heteroatoms. The molecule has 0 saturated heterocycles. The molecule has 0 saturated carbocycles. The number of aliphatic hydroxyl groups excluding tert-OH is 1. The third-order valence-electron chi connectivity index (χ3n) is 3.97. The van der Waals surface area contributed by atoms with E-state index in [1.807, 2.05) is 0 Å². The lowest BCUT2D eigenvalue weighted by Crippen LogP contribution is -2.43. The van der Waals surface area contributed by atoms with Crippen molar-refractivity contribution < 1.29 is 29.9 Å². The number of ether oxygens (including phenoxy) is 2. The third-order valence-corrected chi connectivity index (χ3v) is 3.97. The first-order valence-corrected chi connectivity index (χ1v) is 7.15.